The molecule has 128 valence electrons. The number of morpholine rings is 1. The number of carbonyl (C=O) groups is 1. The molecule has 1 aliphatic heterocycles. The summed E-state index contributed by atoms with van der Waals surface area (Å²) in [5.41, 5.74) is 4.03. The fraction of sp³-hybridized carbons (Fsp3) is 0.529. The number of carbonyl (C=O) groups excluding carboxylic acids is 1. The summed E-state index contributed by atoms with van der Waals surface area (Å²) < 4.78 is 7.20. The molecule has 2 aromatic heterocycles. The standard InChI is InChI=1S/C17H22N4O2S/c1-20-16-12-4-11-24-14(12)3-2-13(16)15(19-20)17(22)18-5-6-21-7-9-23-10-8-21/h4,11H,2-3,5-10H2,1H3,(H,18,22). The predicted octanol–water partition coefficient (Wildman–Crippen LogP) is 1.31. The Balaban J connectivity index is 1.45. The second-order valence-corrected chi connectivity index (χ2v) is 7.27. The predicted molar refractivity (Wildman–Crippen MR) is 93.5 cm³/mol. The van der Waals surface area contributed by atoms with E-state index in [0.717, 1.165) is 56.9 Å². The molecule has 1 saturated heterocycles. The van der Waals surface area contributed by atoms with Gasteiger partial charge in [-0.15, -0.1) is 11.3 Å². The summed E-state index contributed by atoms with van der Waals surface area (Å²) in [6.07, 6.45) is 1.89. The van der Waals surface area contributed by atoms with E-state index in [4.69, 9.17) is 4.74 Å². The van der Waals surface area contributed by atoms with Gasteiger partial charge in [0.05, 0.1) is 18.9 Å². The Labute approximate surface area is 145 Å². The van der Waals surface area contributed by atoms with Gasteiger partial charge in [-0.2, -0.15) is 5.10 Å². The third kappa shape index (κ3) is 2.87. The third-order valence-corrected chi connectivity index (χ3v) is 5.76. The van der Waals surface area contributed by atoms with E-state index in [1.54, 1.807) is 11.3 Å². The quantitative estimate of drug-likeness (QED) is 0.907. The molecule has 1 aliphatic carbocycles. The molecular weight excluding hydrogens is 324 g/mol. The van der Waals surface area contributed by atoms with Crippen LogP contribution in [0.3, 0.4) is 0 Å². The molecule has 1 amide bonds. The average molecular weight is 346 g/mol. The topological polar surface area (TPSA) is 59.4 Å². The fourth-order valence-electron chi connectivity index (χ4n) is 3.54. The van der Waals surface area contributed by atoms with E-state index in [0.29, 0.717) is 12.2 Å². The lowest BCUT2D eigenvalue weighted by atomic mass is 9.94. The average Bonchev–Trinajstić information content (AvgIpc) is 3.20. The molecule has 1 N–H and O–H groups in total. The van der Waals surface area contributed by atoms with Crippen molar-refractivity contribution in [1.29, 1.82) is 0 Å². The molecule has 0 radical (unpaired) electrons. The number of nitrogens with zero attached hydrogens (tertiary/aromatic N) is 3. The maximum atomic E-state index is 12.6. The van der Waals surface area contributed by atoms with Crippen LogP contribution in [0.15, 0.2) is 11.4 Å². The van der Waals surface area contributed by atoms with Crippen molar-refractivity contribution < 1.29 is 9.53 Å². The van der Waals surface area contributed by atoms with E-state index in [9.17, 15) is 4.79 Å². The molecule has 2 aromatic rings. The first-order valence-electron chi connectivity index (χ1n) is 8.45. The molecule has 0 bridgehead atoms. The van der Waals surface area contributed by atoms with Crippen LogP contribution in [-0.2, 0) is 24.6 Å². The van der Waals surface area contributed by atoms with Gasteiger partial charge in [0.1, 0.15) is 0 Å². The van der Waals surface area contributed by atoms with Crippen molar-refractivity contribution in [2.75, 3.05) is 39.4 Å². The Morgan fingerprint density at radius 2 is 2.21 bits per heavy atom. The molecule has 0 spiro atoms. The maximum Gasteiger partial charge on any atom is 0.272 e. The minimum Gasteiger partial charge on any atom is -0.379 e. The summed E-state index contributed by atoms with van der Waals surface area (Å²) in [5, 5.41) is 9.66. The maximum absolute atomic E-state index is 12.6. The summed E-state index contributed by atoms with van der Waals surface area (Å²) in [7, 11) is 1.93. The van der Waals surface area contributed by atoms with E-state index in [2.05, 4.69) is 26.8 Å². The van der Waals surface area contributed by atoms with Crippen LogP contribution in [0.2, 0.25) is 0 Å². The van der Waals surface area contributed by atoms with E-state index in [-0.39, 0.29) is 5.91 Å². The molecular formula is C17H22N4O2S. The highest BCUT2D eigenvalue weighted by molar-refractivity contribution is 7.10. The monoisotopic (exact) mass is 346 g/mol. The Morgan fingerprint density at radius 3 is 3.04 bits per heavy atom. The first-order valence-corrected chi connectivity index (χ1v) is 9.33. The third-order valence-electron chi connectivity index (χ3n) is 4.78. The SMILES string of the molecule is Cn1nc(C(=O)NCCN2CCOCC2)c2c1-c1ccsc1CC2. The number of rotatable bonds is 4. The Hall–Kier alpha value is -1.70. The van der Waals surface area contributed by atoms with Gasteiger partial charge >= 0.3 is 0 Å². The molecule has 4 rings (SSSR count). The lowest BCUT2D eigenvalue weighted by Crippen LogP contribution is -2.41. The Bertz CT molecular complexity index is 746. The highest BCUT2D eigenvalue weighted by atomic mass is 32.1. The van der Waals surface area contributed by atoms with Crippen molar-refractivity contribution in [1.82, 2.24) is 20.0 Å². The summed E-state index contributed by atoms with van der Waals surface area (Å²) in [4.78, 5) is 16.3. The van der Waals surface area contributed by atoms with E-state index in [1.807, 2.05) is 11.7 Å². The van der Waals surface area contributed by atoms with Gasteiger partial charge in [0.25, 0.3) is 5.91 Å². The molecule has 24 heavy (non-hydrogen) atoms. The Morgan fingerprint density at radius 1 is 1.38 bits per heavy atom. The first-order chi connectivity index (χ1) is 11.7. The summed E-state index contributed by atoms with van der Waals surface area (Å²) >= 11 is 1.79. The fourth-order valence-corrected chi connectivity index (χ4v) is 4.42. The smallest absolute Gasteiger partial charge is 0.272 e. The molecule has 0 aromatic carbocycles. The molecule has 0 unspecified atom stereocenters. The van der Waals surface area contributed by atoms with Gasteiger partial charge in [-0.25, -0.2) is 0 Å². The number of aromatic nitrogens is 2. The van der Waals surface area contributed by atoms with Crippen molar-refractivity contribution in [3.8, 4) is 11.3 Å². The van der Waals surface area contributed by atoms with Gasteiger partial charge in [-0.1, -0.05) is 0 Å². The number of hydrogen-bond acceptors (Lipinski definition) is 5. The zero-order valence-corrected chi connectivity index (χ0v) is 14.7. The largest absolute Gasteiger partial charge is 0.379 e. The van der Waals surface area contributed by atoms with Gasteiger partial charge in [0, 0.05) is 49.2 Å². The molecule has 2 aliphatic rings. The second-order valence-electron chi connectivity index (χ2n) is 6.27. The van der Waals surface area contributed by atoms with Crippen molar-refractivity contribution in [2.45, 2.75) is 12.8 Å². The van der Waals surface area contributed by atoms with Crippen LogP contribution < -0.4 is 5.32 Å². The van der Waals surface area contributed by atoms with Crippen molar-refractivity contribution >= 4 is 17.2 Å². The minimum absolute atomic E-state index is 0.0567. The van der Waals surface area contributed by atoms with Crippen LogP contribution in [0.1, 0.15) is 20.9 Å². The van der Waals surface area contributed by atoms with Crippen LogP contribution in [0.4, 0.5) is 0 Å². The number of amides is 1. The zero-order valence-electron chi connectivity index (χ0n) is 13.9. The van der Waals surface area contributed by atoms with E-state index in [1.165, 1.54) is 10.4 Å². The molecule has 7 heteroatoms. The molecule has 3 heterocycles. The minimum atomic E-state index is -0.0567. The highest BCUT2D eigenvalue weighted by Crippen LogP contribution is 2.37. The summed E-state index contributed by atoms with van der Waals surface area (Å²) in [6, 6.07) is 2.14. The van der Waals surface area contributed by atoms with Gasteiger partial charge in [0.15, 0.2) is 5.69 Å². The van der Waals surface area contributed by atoms with E-state index >= 15 is 0 Å². The number of aryl methyl sites for hydroxylation is 2. The number of hydrogen-bond donors (Lipinski definition) is 1. The van der Waals surface area contributed by atoms with Crippen LogP contribution in [0.25, 0.3) is 11.3 Å². The summed E-state index contributed by atoms with van der Waals surface area (Å²) in [5.74, 6) is -0.0567. The number of thiophene rings is 1. The molecule has 0 atom stereocenters. The molecule has 1 fully saturated rings. The van der Waals surface area contributed by atoms with Gasteiger partial charge in [-0.05, 0) is 24.3 Å². The van der Waals surface area contributed by atoms with Gasteiger partial charge < -0.3 is 10.1 Å². The van der Waals surface area contributed by atoms with E-state index < -0.39 is 0 Å². The Kier molecular flexibility index (Phi) is 4.39. The molecule has 6 nitrogen and oxygen atoms in total. The number of nitrogens with one attached hydrogen (secondary N) is 1. The zero-order chi connectivity index (χ0) is 16.5. The summed E-state index contributed by atoms with van der Waals surface area (Å²) in [6.45, 7) is 4.95. The second kappa shape index (κ2) is 6.66. The lowest BCUT2D eigenvalue weighted by molar-refractivity contribution is 0.0383. The van der Waals surface area contributed by atoms with Crippen LogP contribution in [-0.4, -0.2) is 60.0 Å². The van der Waals surface area contributed by atoms with Crippen LogP contribution in [0.5, 0.6) is 0 Å². The van der Waals surface area contributed by atoms with Crippen LogP contribution >= 0.6 is 11.3 Å². The van der Waals surface area contributed by atoms with Crippen molar-refractivity contribution in [2.24, 2.45) is 7.05 Å². The van der Waals surface area contributed by atoms with Crippen LogP contribution in [0, 0.1) is 0 Å². The van der Waals surface area contributed by atoms with Crippen molar-refractivity contribution in [3.05, 3.63) is 27.6 Å². The normalized spacial score (nSPS) is 17.4. The van der Waals surface area contributed by atoms with Crippen molar-refractivity contribution in [3.63, 3.8) is 0 Å². The number of ether oxygens (including phenoxy) is 1. The first kappa shape index (κ1) is 15.8. The lowest BCUT2D eigenvalue weighted by Gasteiger charge is -2.26. The van der Waals surface area contributed by atoms with Gasteiger partial charge in [0.2, 0.25) is 0 Å². The van der Waals surface area contributed by atoms with Gasteiger partial charge in [-0.3, -0.25) is 14.4 Å². The highest BCUT2D eigenvalue weighted by Gasteiger charge is 2.27. The number of fused-ring (bicyclic) bond motifs is 3. The molecule has 0 saturated carbocycles.